The number of hydrogen-bond donors (Lipinski definition) is 1. The van der Waals surface area contributed by atoms with Gasteiger partial charge in [0.1, 0.15) is 4.90 Å². The van der Waals surface area contributed by atoms with E-state index in [1.807, 2.05) is 6.92 Å². The van der Waals surface area contributed by atoms with Crippen molar-refractivity contribution in [1.29, 1.82) is 0 Å². The minimum atomic E-state index is -3.58. The quantitative estimate of drug-likeness (QED) is 0.818. The zero-order chi connectivity index (χ0) is 13.9. The lowest BCUT2D eigenvalue weighted by Crippen LogP contribution is -2.38. The molecule has 0 heterocycles. The first-order valence-corrected chi connectivity index (χ1v) is 7.07. The fraction of sp³-hybridized carbons (Fsp3) is 0.500. The fourth-order valence-electron chi connectivity index (χ4n) is 1.64. The molecule has 2 N–H and O–H groups in total. The summed E-state index contributed by atoms with van der Waals surface area (Å²) < 4.78 is 31.0. The van der Waals surface area contributed by atoms with Crippen LogP contribution in [0.1, 0.15) is 12.5 Å². The highest BCUT2D eigenvalue weighted by Gasteiger charge is 2.27. The standard InChI is InChI=1S/C12H20N2O3S/c1-9-5-6-12(11(13)7-9)18(15,16)14(3)10(2)8-17-4/h5-7,10H,8,13H2,1-4H3. The van der Waals surface area contributed by atoms with E-state index < -0.39 is 10.0 Å². The van der Waals surface area contributed by atoms with E-state index in [4.69, 9.17) is 10.5 Å². The van der Waals surface area contributed by atoms with Crippen molar-refractivity contribution in [2.24, 2.45) is 0 Å². The minimum Gasteiger partial charge on any atom is -0.398 e. The number of likely N-dealkylation sites (N-methyl/N-ethyl adjacent to an activating group) is 1. The molecule has 5 nitrogen and oxygen atoms in total. The number of nitrogens with two attached hydrogens (primary N) is 1. The van der Waals surface area contributed by atoms with E-state index in [1.165, 1.54) is 24.5 Å². The molecule has 1 rings (SSSR count). The number of anilines is 1. The smallest absolute Gasteiger partial charge is 0.245 e. The minimum absolute atomic E-state index is 0.138. The van der Waals surface area contributed by atoms with Crippen molar-refractivity contribution in [1.82, 2.24) is 4.31 Å². The van der Waals surface area contributed by atoms with Crippen LogP contribution in [0.25, 0.3) is 0 Å². The molecule has 0 saturated carbocycles. The van der Waals surface area contributed by atoms with Gasteiger partial charge in [-0.3, -0.25) is 0 Å². The largest absolute Gasteiger partial charge is 0.398 e. The van der Waals surface area contributed by atoms with Gasteiger partial charge in [0.15, 0.2) is 0 Å². The molecule has 18 heavy (non-hydrogen) atoms. The third kappa shape index (κ3) is 3.01. The van der Waals surface area contributed by atoms with E-state index in [0.717, 1.165) is 5.56 Å². The Morgan fingerprint density at radius 3 is 2.56 bits per heavy atom. The molecule has 0 aliphatic carbocycles. The molecule has 0 spiro atoms. The Morgan fingerprint density at radius 1 is 1.44 bits per heavy atom. The Morgan fingerprint density at radius 2 is 2.06 bits per heavy atom. The van der Waals surface area contributed by atoms with E-state index in [9.17, 15) is 8.42 Å². The van der Waals surface area contributed by atoms with E-state index in [2.05, 4.69) is 0 Å². The molecule has 102 valence electrons. The Bertz CT molecular complexity index is 514. The lowest BCUT2D eigenvalue weighted by molar-refractivity contribution is 0.149. The monoisotopic (exact) mass is 272 g/mol. The Kier molecular flexibility index (Phi) is 4.72. The predicted octanol–water partition coefficient (Wildman–Crippen LogP) is 1.23. The summed E-state index contributed by atoms with van der Waals surface area (Å²) in [5, 5.41) is 0. The summed E-state index contributed by atoms with van der Waals surface area (Å²) in [6, 6.07) is 4.68. The zero-order valence-corrected chi connectivity index (χ0v) is 12.0. The molecule has 1 aromatic carbocycles. The van der Waals surface area contributed by atoms with Gasteiger partial charge in [-0.25, -0.2) is 8.42 Å². The molecule has 6 heteroatoms. The first kappa shape index (κ1) is 14.9. The highest BCUT2D eigenvalue weighted by Crippen LogP contribution is 2.23. The van der Waals surface area contributed by atoms with Crippen LogP contribution in [-0.4, -0.2) is 39.5 Å². The summed E-state index contributed by atoms with van der Waals surface area (Å²) in [6.07, 6.45) is 0. The predicted molar refractivity (Wildman–Crippen MR) is 71.9 cm³/mol. The number of methoxy groups -OCH3 is 1. The highest BCUT2D eigenvalue weighted by atomic mass is 32.2. The van der Waals surface area contributed by atoms with Crippen molar-refractivity contribution in [2.45, 2.75) is 24.8 Å². The van der Waals surface area contributed by atoms with E-state index in [1.54, 1.807) is 19.1 Å². The molecular formula is C12H20N2O3S. The average molecular weight is 272 g/mol. The number of ether oxygens (including phenoxy) is 1. The van der Waals surface area contributed by atoms with Gasteiger partial charge in [0, 0.05) is 20.2 Å². The van der Waals surface area contributed by atoms with Crippen molar-refractivity contribution in [3.63, 3.8) is 0 Å². The van der Waals surface area contributed by atoms with Gasteiger partial charge in [-0.2, -0.15) is 4.31 Å². The lowest BCUT2D eigenvalue weighted by Gasteiger charge is -2.24. The number of benzene rings is 1. The number of sulfonamides is 1. The molecule has 0 aliphatic heterocycles. The maximum Gasteiger partial charge on any atom is 0.245 e. The van der Waals surface area contributed by atoms with Gasteiger partial charge in [0.2, 0.25) is 10.0 Å². The van der Waals surface area contributed by atoms with Crippen LogP contribution in [0.3, 0.4) is 0 Å². The molecule has 0 aromatic heterocycles. The lowest BCUT2D eigenvalue weighted by atomic mass is 10.2. The summed E-state index contributed by atoms with van der Waals surface area (Å²) in [5.74, 6) is 0. The van der Waals surface area contributed by atoms with Crippen LogP contribution in [-0.2, 0) is 14.8 Å². The summed E-state index contributed by atoms with van der Waals surface area (Å²) in [6.45, 7) is 3.98. The van der Waals surface area contributed by atoms with Gasteiger partial charge in [-0.1, -0.05) is 6.07 Å². The summed E-state index contributed by atoms with van der Waals surface area (Å²) in [4.78, 5) is 0.138. The highest BCUT2D eigenvalue weighted by molar-refractivity contribution is 7.89. The third-order valence-corrected chi connectivity index (χ3v) is 4.90. The molecule has 0 aliphatic rings. The van der Waals surface area contributed by atoms with Crippen LogP contribution in [0.15, 0.2) is 23.1 Å². The summed E-state index contributed by atoms with van der Waals surface area (Å²) >= 11 is 0. The Hall–Kier alpha value is -1.11. The Labute approximate surface area is 109 Å². The topological polar surface area (TPSA) is 72.6 Å². The molecule has 0 radical (unpaired) electrons. The Balaban J connectivity index is 3.13. The van der Waals surface area contributed by atoms with E-state index in [-0.39, 0.29) is 16.6 Å². The maximum atomic E-state index is 12.4. The average Bonchev–Trinajstić information content (AvgIpc) is 2.27. The molecule has 1 atom stereocenters. The molecule has 0 amide bonds. The van der Waals surface area contributed by atoms with Gasteiger partial charge in [-0.15, -0.1) is 0 Å². The van der Waals surface area contributed by atoms with E-state index in [0.29, 0.717) is 6.61 Å². The van der Waals surface area contributed by atoms with Gasteiger partial charge >= 0.3 is 0 Å². The summed E-state index contributed by atoms with van der Waals surface area (Å²) in [5.41, 5.74) is 6.98. The normalized spacial score (nSPS) is 13.8. The number of rotatable bonds is 5. The van der Waals surface area contributed by atoms with Crippen LogP contribution in [0.2, 0.25) is 0 Å². The molecule has 0 bridgehead atoms. The first-order chi connectivity index (χ1) is 8.30. The van der Waals surface area contributed by atoms with Crippen molar-refractivity contribution in [3.8, 4) is 0 Å². The maximum absolute atomic E-state index is 12.4. The van der Waals surface area contributed by atoms with Crippen LogP contribution in [0.4, 0.5) is 5.69 Å². The molecule has 0 saturated heterocycles. The van der Waals surface area contributed by atoms with Crippen molar-refractivity contribution in [2.75, 3.05) is 26.5 Å². The molecule has 1 aromatic rings. The van der Waals surface area contributed by atoms with Crippen LogP contribution in [0.5, 0.6) is 0 Å². The van der Waals surface area contributed by atoms with Gasteiger partial charge < -0.3 is 10.5 Å². The first-order valence-electron chi connectivity index (χ1n) is 5.63. The molecular weight excluding hydrogens is 252 g/mol. The number of hydrogen-bond acceptors (Lipinski definition) is 4. The number of nitrogens with zero attached hydrogens (tertiary/aromatic N) is 1. The molecule has 0 fully saturated rings. The van der Waals surface area contributed by atoms with Crippen molar-refractivity contribution >= 4 is 15.7 Å². The second-order valence-corrected chi connectivity index (χ2v) is 6.33. The number of aryl methyl sites for hydroxylation is 1. The zero-order valence-electron chi connectivity index (χ0n) is 11.2. The van der Waals surface area contributed by atoms with Gasteiger partial charge in [0.25, 0.3) is 0 Å². The van der Waals surface area contributed by atoms with Crippen LogP contribution >= 0.6 is 0 Å². The second-order valence-electron chi connectivity index (χ2n) is 4.37. The van der Waals surface area contributed by atoms with Crippen molar-refractivity contribution < 1.29 is 13.2 Å². The van der Waals surface area contributed by atoms with Crippen LogP contribution in [0, 0.1) is 6.92 Å². The molecule has 1 unspecified atom stereocenters. The van der Waals surface area contributed by atoms with Gasteiger partial charge in [-0.05, 0) is 31.5 Å². The SMILES string of the molecule is COCC(C)N(C)S(=O)(=O)c1ccc(C)cc1N. The van der Waals surface area contributed by atoms with E-state index >= 15 is 0 Å². The summed E-state index contributed by atoms with van der Waals surface area (Å²) in [7, 11) is -0.515. The van der Waals surface area contributed by atoms with Crippen molar-refractivity contribution in [3.05, 3.63) is 23.8 Å². The third-order valence-electron chi connectivity index (χ3n) is 2.85. The fourth-order valence-corrected chi connectivity index (χ4v) is 3.08. The van der Waals surface area contributed by atoms with Gasteiger partial charge in [0.05, 0.1) is 12.3 Å². The van der Waals surface area contributed by atoms with Crippen LogP contribution < -0.4 is 5.73 Å². The second kappa shape index (κ2) is 5.69. The number of nitrogen functional groups attached to an aromatic ring is 1.